The van der Waals surface area contributed by atoms with E-state index in [9.17, 15) is 4.79 Å². The van der Waals surface area contributed by atoms with Crippen LogP contribution in [0.2, 0.25) is 10.0 Å². The standard InChI is InChI=1S/C12H12Cl2N2O/c13-10-3-1-2-9(11(10)14)12(17)16-6-7-4-8(16)5-15-7/h1-3,7-8,15H,4-6H2/t7-,8-/m0/s1. The number of amides is 1. The molecule has 1 N–H and O–H groups in total. The number of fused-ring (bicyclic) bond motifs is 2. The van der Waals surface area contributed by atoms with E-state index in [2.05, 4.69) is 5.32 Å². The number of benzene rings is 1. The van der Waals surface area contributed by atoms with E-state index in [0.717, 1.165) is 19.5 Å². The average molecular weight is 271 g/mol. The first-order chi connectivity index (χ1) is 8.16. The van der Waals surface area contributed by atoms with Crippen molar-refractivity contribution in [3.05, 3.63) is 33.8 Å². The van der Waals surface area contributed by atoms with Crippen LogP contribution in [0.25, 0.3) is 0 Å². The molecule has 2 heterocycles. The number of rotatable bonds is 1. The molecule has 2 atom stereocenters. The zero-order valence-electron chi connectivity index (χ0n) is 9.12. The quantitative estimate of drug-likeness (QED) is 0.849. The van der Waals surface area contributed by atoms with Gasteiger partial charge in [0, 0.05) is 25.2 Å². The van der Waals surface area contributed by atoms with E-state index in [1.807, 2.05) is 4.90 Å². The molecule has 0 aromatic heterocycles. The molecular formula is C12H12Cl2N2O. The maximum absolute atomic E-state index is 12.4. The highest BCUT2D eigenvalue weighted by atomic mass is 35.5. The molecule has 2 aliphatic rings. The van der Waals surface area contributed by atoms with Gasteiger partial charge >= 0.3 is 0 Å². The molecule has 1 aromatic carbocycles. The first-order valence-electron chi connectivity index (χ1n) is 5.65. The van der Waals surface area contributed by atoms with Crippen LogP contribution >= 0.6 is 23.2 Å². The second kappa shape index (κ2) is 4.16. The van der Waals surface area contributed by atoms with Crippen LogP contribution in [-0.2, 0) is 0 Å². The Hall–Kier alpha value is -0.770. The van der Waals surface area contributed by atoms with Crippen molar-refractivity contribution in [2.75, 3.05) is 13.1 Å². The molecule has 2 aliphatic heterocycles. The minimum absolute atomic E-state index is 0.00787. The highest BCUT2D eigenvalue weighted by Gasteiger charge is 2.40. The van der Waals surface area contributed by atoms with E-state index in [1.54, 1.807) is 18.2 Å². The Morgan fingerprint density at radius 3 is 2.88 bits per heavy atom. The number of nitrogens with zero attached hydrogens (tertiary/aromatic N) is 1. The number of likely N-dealkylation sites (tertiary alicyclic amines) is 1. The molecule has 1 aromatic rings. The van der Waals surface area contributed by atoms with Crippen molar-refractivity contribution < 1.29 is 4.79 Å². The van der Waals surface area contributed by atoms with Crippen molar-refractivity contribution in [1.29, 1.82) is 0 Å². The van der Waals surface area contributed by atoms with Gasteiger partial charge in [-0.3, -0.25) is 4.79 Å². The van der Waals surface area contributed by atoms with Crippen molar-refractivity contribution in [2.24, 2.45) is 0 Å². The molecular weight excluding hydrogens is 259 g/mol. The summed E-state index contributed by atoms with van der Waals surface area (Å²) in [6, 6.07) is 5.94. The first-order valence-corrected chi connectivity index (χ1v) is 6.41. The lowest BCUT2D eigenvalue weighted by Crippen LogP contribution is -2.46. The maximum atomic E-state index is 12.4. The van der Waals surface area contributed by atoms with Crippen LogP contribution in [0.5, 0.6) is 0 Å². The lowest BCUT2D eigenvalue weighted by Gasteiger charge is -2.27. The molecule has 0 unspecified atom stereocenters. The van der Waals surface area contributed by atoms with Crippen molar-refractivity contribution in [1.82, 2.24) is 10.2 Å². The van der Waals surface area contributed by atoms with Gasteiger partial charge in [-0.1, -0.05) is 29.3 Å². The third-order valence-corrected chi connectivity index (χ3v) is 4.32. The third kappa shape index (κ3) is 1.82. The van der Waals surface area contributed by atoms with E-state index in [-0.39, 0.29) is 5.91 Å². The van der Waals surface area contributed by atoms with Crippen LogP contribution in [0.1, 0.15) is 16.8 Å². The van der Waals surface area contributed by atoms with E-state index >= 15 is 0 Å². The zero-order valence-corrected chi connectivity index (χ0v) is 10.6. The number of hydrogen-bond acceptors (Lipinski definition) is 2. The molecule has 0 spiro atoms. The number of hydrogen-bond donors (Lipinski definition) is 1. The predicted molar refractivity (Wildman–Crippen MR) is 67.7 cm³/mol. The van der Waals surface area contributed by atoms with E-state index in [0.29, 0.717) is 27.7 Å². The van der Waals surface area contributed by atoms with Crippen LogP contribution < -0.4 is 5.32 Å². The molecule has 2 saturated heterocycles. The Labute approximate surface area is 110 Å². The minimum atomic E-state index is -0.00787. The van der Waals surface area contributed by atoms with Gasteiger partial charge in [-0.25, -0.2) is 0 Å². The Balaban J connectivity index is 1.89. The molecule has 0 aliphatic carbocycles. The van der Waals surface area contributed by atoms with Crippen molar-refractivity contribution in [2.45, 2.75) is 18.5 Å². The molecule has 3 rings (SSSR count). The van der Waals surface area contributed by atoms with Crippen LogP contribution in [0, 0.1) is 0 Å². The van der Waals surface area contributed by atoms with E-state index < -0.39 is 0 Å². The lowest BCUT2D eigenvalue weighted by atomic mass is 10.1. The maximum Gasteiger partial charge on any atom is 0.255 e. The van der Waals surface area contributed by atoms with Gasteiger partial charge in [0.25, 0.3) is 5.91 Å². The molecule has 3 nitrogen and oxygen atoms in total. The van der Waals surface area contributed by atoms with Crippen LogP contribution in [0.4, 0.5) is 0 Å². The summed E-state index contributed by atoms with van der Waals surface area (Å²) in [6.07, 6.45) is 1.05. The summed E-state index contributed by atoms with van der Waals surface area (Å²) in [5, 5.41) is 4.15. The molecule has 0 saturated carbocycles. The molecule has 0 radical (unpaired) electrons. The van der Waals surface area contributed by atoms with Gasteiger partial charge in [-0.2, -0.15) is 0 Å². The Kier molecular flexibility index (Phi) is 2.77. The Morgan fingerprint density at radius 1 is 1.41 bits per heavy atom. The summed E-state index contributed by atoms with van der Waals surface area (Å²) in [6.45, 7) is 1.65. The Morgan fingerprint density at radius 2 is 2.24 bits per heavy atom. The molecule has 90 valence electrons. The summed E-state index contributed by atoms with van der Waals surface area (Å²) < 4.78 is 0. The lowest BCUT2D eigenvalue weighted by molar-refractivity contribution is 0.0716. The van der Waals surface area contributed by atoms with E-state index in [4.69, 9.17) is 23.2 Å². The zero-order chi connectivity index (χ0) is 12.0. The van der Waals surface area contributed by atoms with Crippen LogP contribution in [0.15, 0.2) is 18.2 Å². The number of nitrogens with one attached hydrogen (secondary N) is 1. The van der Waals surface area contributed by atoms with Gasteiger partial charge < -0.3 is 10.2 Å². The van der Waals surface area contributed by atoms with Crippen molar-refractivity contribution in [3.8, 4) is 0 Å². The van der Waals surface area contributed by atoms with Crippen molar-refractivity contribution >= 4 is 29.1 Å². The summed E-state index contributed by atoms with van der Waals surface area (Å²) in [5.74, 6) is -0.00787. The largest absolute Gasteiger partial charge is 0.333 e. The SMILES string of the molecule is O=C(c1cccc(Cl)c1Cl)N1C[C@@H]2C[C@H]1CN2. The number of piperazine rings is 1. The third-order valence-electron chi connectivity index (χ3n) is 3.50. The van der Waals surface area contributed by atoms with Crippen LogP contribution in [0.3, 0.4) is 0 Å². The average Bonchev–Trinajstić information content (AvgIpc) is 2.94. The summed E-state index contributed by atoms with van der Waals surface area (Å²) >= 11 is 12.0. The molecule has 2 bridgehead atoms. The molecule has 2 fully saturated rings. The fraction of sp³-hybridized carbons (Fsp3) is 0.417. The van der Waals surface area contributed by atoms with Gasteiger partial charge in [0.05, 0.1) is 15.6 Å². The molecule has 17 heavy (non-hydrogen) atoms. The normalized spacial score (nSPS) is 26.6. The second-order valence-electron chi connectivity index (χ2n) is 4.55. The highest BCUT2D eigenvalue weighted by molar-refractivity contribution is 6.43. The van der Waals surface area contributed by atoms with Crippen molar-refractivity contribution in [3.63, 3.8) is 0 Å². The summed E-state index contributed by atoms with van der Waals surface area (Å²) in [7, 11) is 0. The molecule has 5 heteroatoms. The predicted octanol–water partition coefficient (Wildman–Crippen LogP) is 2.18. The number of carbonyl (C=O) groups excluding carboxylic acids is 1. The van der Waals surface area contributed by atoms with Gasteiger partial charge in [-0.15, -0.1) is 0 Å². The minimum Gasteiger partial charge on any atom is -0.333 e. The highest BCUT2D eigenvalue weighted by Crippen LogP contribution is 2.30. The topological polar surface area (TPSA) is 32.3 Å². The number of halogens is 2. The monoisotopic (exact) mass is 270 g/mol. The summed E-state index contributed by atoms with van der Waals surface area (Å²) in [4.78, 5) is 14.3. The summed E-state index contributed by atoms with van der Waals surface area (Å²) in [5.41, 5.74) is 0.506. The fourth-order valence-corrected chi connectivity index (χ4v) is 3.01. The van der Waals surface area contributed by atoms with Gasteiger partial charge in [0.2, 0.25) is 0 Å². The van der Waals surface area contributed by atoms with Gasteiger partial charge in [-0.05, 0) is 18.6 Å². The molecule has 1 amide bonds. The Bertz CT molecular complexity index is 478. The van der Waals surface area contributed by atoms with Gasteiger partial charge in [0.15, 0.2) is 0 Å². The van der Waals surface area contributed by atoms with Crippen LogP contribution in [-0.4, -0.2) is 36.0 Å². The van der Waals surface area contributed by atoms with E-state index in [1.165, 1.54) is 0 Å². The van der Waals surface area contributed by atoms with Gasteiger partial charge in [0.1, 0.15) is 0 Å². The number of carbonyl (C=O) groups is 1. The first kappa shape index (κ1) is 11.3. The second-order valence-corrected chi connectivity index (χ2v) is 5.34. The fourth-order valence-electron chi connectivity index (χ4n) is 2.63. The smallest absolute Gasteiger partial charge is 0.255 e.